The van der Waals surface area contributed by atoms with Gasteiger partial charge in [-0.3, -0.25) is 4.79 Å². The van der Waals surface area contributed by atoms with E-state index in [0.29, 0.717) is 12.3 Å². The highest BCUT2D eigenvalue weighted by molar-refractivity contribution is 5.91. The Morgan fingerprint density at radius 1 is 1.44 bits per heavy atom. The lowest BCUT2D eigenvalue weighted by Gasteiger charge is -2.16. The van der Waals surface area contributed by atoms with Crippen molar-refractivity contribution in [2.24, 2.45) is 17.6 Å². The van der Waals surface area contributed by atoms with Crippen molar-refractivity contribution in [3.63, 3.8) is 0 Å². The first kappa shape index (κ1) is 9.74. The van der Waals surface area contributed by atoms with Crippen molar-refractivity contribution in [2.75, 3.05) is 27.0 Å². The Morgan fingerprint density at radius 3 is 2.92 bits per heavy atom. The van der Waals surface area contributed by atoms with E-state index in [1.54, 1.807) is 6.07 Å². The summed E-state index contributed by atoms with van der Waals surface area (Å²) in [5, 5.41) is -0.00100. The van der Waals surface area contributed by atoms with Gasteiger partial charge in [-0.05, 0) is 62.8 Å². The highest BCUT2D eigenvalue weighted by Crippen LogP contribution is 2.30. The van der Waals surface area contributed by atoms with Gasteiger partial charge in [0.15, 0.2) is 0 Å². The lowest BCUT2D eigenvalue weighted by molar-refractivity contribution is -0.135. The molecule has 0 fully saturated rings. The molecular weight excluding hydrogens is 314 g/mol. The van der Waals surface area contributed by atoms with Crippen LogP contribution in [0.3, 0.4) is 0 Å². The smallest absolute Gasteiger partial charge is 0.311 e. The Morgan fingerprint density at radius 2 is 2.24 bits per heavy atom. The number of nitrogens with zero attached hydrogens (tertiary/aromatic N) is 1. The van der Waals surface area contributed by atoms with Crippen molar-refractivity contribution in [3.8, 4) is 5.75 Å². The van der Waals surface area contributed by atoms with Crippen LogP contribution in [0.25, 0.3) is 10.9 Å². The van der Waals surface area contributed by atoms with Gasteiger partial charge in [-0.25, -0.2) is 0 Å². The number of rotatable bonds is 9. The van der Waals surface area contributed by atoms with Crippen LogP contribution in [0.1, 0.15) is 46.0 Å². The second-order valence-electron chi connectivity index (χ2n) is 6.36. The molecule has 0 aliphatic rings. The van der Waals surface area contributed by atoms with Crippen LogP contribution < -0.4 is 10.5 Å². The summed E-state index contributed by atoms with van der Waals surface area (Å²) in [7, 11) is 0. The van der Waals surface area contributed by atoms with E-state index in [4.69, 9.17) is 24.2 Å². The second kappa shape index (κ2) is 9.02. The van der Waals surface area contributed by atoms with Crippen molar-refractivity contribution in [1.29, 1.82) is 0 Å². The maximum absolute atomic E-state index is 12.6. The maximum atomic E-state index is 12.6. The fourth-order valence-electron chi connectivity index (χ4n) is 2.78. The van der Waals surface area contributed by atoms with E-state index in [2.05, 4.69) is 4.98 Å². The number of ether oxygens (including phenoxy) is 1. The Kier molecular flexibility index (Phi) is 3.51. The molecule has 0 radical (unpaired) electrons. The zero-order chi connectivity index (χ0) is 27.0. The number of hydrogen-bond donors (Lipinski definition) is 2. The molecule has 0 aliphatic carbocycles. The molecule has 2 aromatic rings. The third kappa shape index (κ3) is 5.58. The van der Waals surface area contributed by atoms with Gasteiger partial charge < -0.3 is 20.4 Å². The van der Waals surface area contributed by atoms with Crippen molar-refractivity contribution in [3.05, 3.63) is 30.0 Å². The van der Waals surface area contributed by atoms with E-state index in [0.717, 1.165) is 6.20 Å². The molecule has 0 aliphatic heterocycles. The number of esters is 1. The van der Waals surface area contributed by atoms with E-state index in [-0.39, 0.29) is 35.5 Å². The van der Waals surface area contributed by atoms with Crippen LogP contribution in [0.4, 0.5) is 0 Å². The lowest BCUT2D eigenvalue weighted by atomic mass is 9.94. The summed E-state index contributed by atoms with van der Waals surface area (Å²) in [4.78, 5) is 15.0. The van der Waals surface area contributed by atoms with Crippen molar-refractivity contribution in [2.45, 2.75) is 33.1 Å². The number of aryl methyl sites for hydroxylation is 1. The van der Waals surface area contributed by atoms with Crippen LogP contribution in [-0.2, 0) is 11.2 Å². The molecule has 5 nitrogen and oxygen atoms in total. The molecule has 2 rings (SSSR count). The summed E-state index contributed by atoms with van der Waals surface area (Å²) in [6, 6.07) is 4.48. The molecule has 1 aromatic carbocycles. The zero-order valence-corrected chi connectivity index (χ0v) is 14.4. The minimum absolute atomic E-state index is 0.00100. The van der Waals surface area contributed by atoms with Crippen LogP contribution in [0.2, 0.25) is 0 Å². The molecule has 0 amide bonds. The highest BCUT2D eigenvalue weighted by Gasteiger charge is 2.18. The van der Waals surface area contributed by atoms with Crippen LogP contribution >= 0.6 is 0 Å². The molecule has 0 saturated heterocycles. The Labute approximate surface area is 164 Å². The molecule has 0 saturated carbocycles. The van der Waals surface area contributed by atoms with Gasteiger partial charge in [0.05, 0.1) is 0 Å². The molecule has 1 aromatic heterocycles. The monoisotopic (exact) mass is 355 g/mol. The number of benzene rings is 1. The first-order valence-electron chi connectivity index (χ1n) is 13.2. The lowest BCUT2D eigenvalue weighted by Crippen LogP contribution is -2.22. The topological polar surface area (TPSA) is 71.3 Å². The second-order valence-corrected chi connectivity index (χ2v) is 6.36. The van der Waals surface area contributed by atoms with Gasteiger partial charge >= 0.3 is 5.97 Å². The molecule has 0 spiro atoms. The summed E-state index contributed by atoms with van der Waals surface area (Å²) in [6.45, 7) is -6.20. The van der Waals surface area contributed by atoms with E-state index in [9.17, 15) is 4.79 Å². The number of aromatic nitrogens is 1. The number of likely N-dealkylation sites (N-methyl/N-ethyl adjacent to an activating group) is 1. The number of nitrogens with two attached hydrogens (primary N) is 1. The Hall–Kier alpha value is -1.85. The SMILES string of the molecule is [2H]C([2H])([2H])N(C([2H])([2H])[2H])C([2H])([2H])C([2H])([2H])c1c[nH]c2cccc(OC(=O)C[C@@H](CN)CC(C)C)c12. The van der Waals surface area contributed by atoms with Gasteiger partial charge in [0, 0.05) is 43.7 Å². The minimum Gasteiger partial charge on any atom is -0.426 e. The van der Waals surface area contributed by atoms with E-state index in [1.165, 1.54) is 12.1 Å². The fourth-order valence-corrected chi connectivity index (χ4v) is 2.78. The number of nitrogens with one attached hydrogen (secondary N) is 1. The highest BCUT2D eigenvalue weighted by atomic mass is 16.5. The van der Waals surface area contributed by atoms with E-state index < -0.39 is 43.3 Å². The number of carbonyl (C=O) groups is 1. The molecule has 1 atom stereocenters. The first-order valence-corrected chi connectivity index (χ1v) is 8.15. The molecule has 0 bridgehead atoms. The maximum Gasteiger partial charge on any atom is 0.311 e. The molecule has 138 valence electrons. The quantitative estimate of drug-likeness (QED) is 0.535. The molecule has 5 heteroatoms. The predicted molar refractivity (Wildman–Crippen MR) is 103 cm³/mol. The summed E-state index contributed by atoms with van der Waals surface area (Å²) in [5.74, 6) is -0.501. The van der Waals surface area contributed by atoms with Crippen LogP contribution in [0, 0.1) is 11.8 Å². The van der Waals surface area contributed by atoms with Gasteiger partial charge in [0.2, 0.25) is 0 Å². The number of aromatic amines is 1. The summed E-state index contributed by atoms with van der Waals surface area (Å²) in [5.41, 5.74) is 5.66. The third-order valence-electron chi connectivity index (χ3n) is 3.79. The number of H-pyrrole nitrogens is 1. The summed E-state index contributed by atoms with van der Waals surface area (Å²) < 4.78 is 84.4. The number of fused-ring (bicyclic) bond motifs is 1. The number of carbonyl (C=O) groups excluding carboxylic acids is 1. The minimum atomic E-state index is -3.52. The van der Waals surface area contributed by atoms with Crippen molar-refractivity contribution < 1.29 is 23.2 Å². The van der Waals surface area contributed by atoms with Crippen LogP contribution in [0.15, 0.2) is 24.4 Å². The standard InChI is InChI=1S/C20H31N3O2/c1-14(2)10-15(12-21)11-19(24)25-18-7-5-6-17-20(18)16(13-22-17)8-9-23(3)4/h5-7,13-15,22H,8-12,21H2,1-4H3/t15-/m0/s1/i3D3,4D3,8D2,9D2. The molecule has 0 unspecified atom stereocenters. The first-order chi connectivity index (χ1) is 15.8. The normalized spacial score (nSPS) is 21.0. The van der Waals surface area contributed by atoms with E-state index in [1.807, 2.05) is 13.8 Å². The average molecular weight is 356 g/mol. The van der Waals surface area contributed by atoms with Crippen molar-refractivity contribution >= 4 is 16.9 Å². The molecule has 25 heavy (non-hydrogen) atoms. The van der Waals surface area contributed by atoms with Gasteiger partial charge in [0.1, 0.15) is 5.75 Å². The van der Waals surface area contributed by atoms with Crippen LogP contribution in [0.5, 0.6) is 5.75 Å². The largest absolute Gasteiger partial charge is 0.426 e. The van der Waals surface area contributed by atoms with Crippen molar-refractivity contribution in [1.82, 2.24) is 9.88 Å². The molecular formula is C20H31N3O2. The van der Waals surface area contributed by atoms with Crippen LogP contribution in [-0.4, -0.2) is 42.8 Å². The Bertz CT molecular complexity index is 1020. The Balaban J connectivity index is 2.54. The van der Waals surface area contributed by atoms with Gasteiger partial charge in [-0.2, -0.15) is 0 Å². The molecule has 3 N–H and O–H groups in total. The third-order valence-corrected chi connectivity index (χ3v) is 3.79. The fraction of sp³-hybridized carbons (Fsp3) is 0.550. The molecule has 1 heterocycles. The summed E-state index contributed by atoms with van der Waals surface area (Å²) in [6.07, 6.45) is -1.33. The van der Waals surface area contributed by atoms with Gasteiger partial charge in [-0.15, -0.1) is 0 Å². The average Bonchev–Trinajstić information content (AvgIpc) is 3.10. The number of hydrogen-bond acceptors (Lipinski definition) is 4. The van der Waals surface area contributed by atoms with Gasteiger partial charge in [-0.1, -0.05) is 19.9 Å². The summed E-state index contributed by atoms with van der Waals surface area (Å²) >= 11 is 0. The predicted octanol–water partition coefficient (Wildman–Crippen LogP) is 3.19. The van der Waals surface area contributed by atoms with E-state index >= 15 is 0 Å². The van der Waals surface area contributed by atoms with Gasteiger partial charge in [0.25, 0.3) is 0 Å². The zero-order valence-electron chi connectivity index (χ0n) is 24.4.